The summed E-state index contributed by atoms with van der Waals surface area (Å²) in [6.07, 6.45) is 6.71. The maximum atomic E-state index is 12.5. The lowest BCUT2D eigenvalue weighted by molar-refractivity contribution is 0.563. The van der Waals surface area contributed by atoms with Crippen LogP contribution in [0.5, 0.6) is 0 Å². The first-order chi connectivity index (χ1) is 14.2. The van der Waals surface area contributed by atoms with E-state index in [1.807, 2.05) is 31.3 Å². The number of hydrogen-bond donors (Lipinski definition) is 0. The van der Waals surface area contributed by atoms with Gasteiger partial charge in [-0.2, -0.15) is 0 Å². The first-order valence-corrected chi connectivity index (χ1v) is 11.2. The average Bonchev–Trinajstić information content (AvgIpc) is 3.08. The lowest BCUT2D eigenvalue weighted by Gasteiger charge is -2.09. The third-order valence-corrected chi connectivity index (χ3v) is 6.07. The number of benzene rings is 1. The van der Waals surface area contributed by atoms with Crippen molar-refractivity contribution in [2.45, 2.75) is 57.0 Å². The van der Waals surface area contributed by atoms with E-state index in [-0.39, 0.29) is 5.56 Å². The molecule has 0 amide bonds. The number of aromatic nitrogens is 4. The molecule has 5 nitrogen and oxygen atoms in total. The average molecular weight is 407 g/mol. The summed E-state index contributed by atoms with van der Waals surface area (Å²) in [5, 5.41) is 0.994. The fourth-order valence-electron chi connectivity index (χ4n) is 3.55. The maximum Gasteiger partial charge on any atom is 0.258 e. The minimum Gasteiger partial charge on any atom is -0.319 e. The van der Waals surface area contributed by atoms with Gasteiger partial charge in [-0.3, -0.25) is 9.20 Å². The molecule has 0 bridgehead atoms. The number of nitrogens with zero attached hydrogens (tertiary/aromatic N) is 4. The summed E-state index contributed by atoms with van der Waals surface area (Å²) in [6.45, 7) is 5.17. The minimum absolute atomic E-state index is 0.0395. The smallest absolute Gasteiger partial charge is 0.258 e. The van der Waals surface area contributed by atoms with Crippen LogP contribution in [-0.2, 0) is 12.3 Å². The molecule has 0 aliphatic rings. The van der Waals surface area contributed by atoms with Gasteiger partial charge in [0.25, 0.3) is 5.56 Å². The molecular formula is C23H26N4OS. The standard InChI is InChI=1S/C23H26N4OS/c1-3-4-5-8-13-26-20-10-7-6-9-19(20)25-23(26)29-16-18-14-22(28)27-15-17(2)11-12-21(27)24-18/h6-7,9-12,14-15H,3-5,8,13,16H2,1-2H3. The zero-order valence-electron chi connectivity index (χ0n) is 17.0. The molecule has 0 unspecified atom stereocenters. The van der Waals surface area contributed by atoms with Crippen molar-refractivity contribution < 1.29 is 0 Å². The summed E-state index contributed by atoms with van der Waals surface area (Å²) in [5.74, 6) is 0.623. The summed E-state index contributed by atoms with van der Waals surface area (Å²) in [6, 6.07) is 13.8. The van der Waals surface area contributed by atoms with Gasteiger partial charge in [-0.25, -0.2) is 9.97 Å². The second kappa shape index (κ2) is 8.82. The monoisotopic (exact) mass is 406 g/mol. The molecule has 0 atom stereocenters. The maximum absolute atomic E-state index is 12.5. The van der Waals surface area contributed by atoms with Crippen LogP contribution >= 0.6 is 11.8 Å². The van der Waals surface area contributed by atoms with E-state index in [9.17, 15) is 4.79 Å². The van der Waals surface area contributed by atoms with Crippen molar-refractivity contribution in [3.63, 3.8) is 0 Å². The number of pyridine rings is 1. The predicted octanol–water partition coefficient (Wildman–Crippen LogP) is 5.23. The van der Waals surface area contributed by atoms with Crippen LogP contribution in [0.2, 0.25) is 0 Å². The van der Waals surface area contributed by atoms with Crippen LogP contribution in [0, 0.1) is 6.92 Å². The van der Waals surface area contributed by atoms with E-state index < -0.39 is 0 Å². The number of thioether (sulfide) groups is 1. The van der Waals surface area contributed by atoms with Crippen molar-refractivity contribution >= 4 is 28.4 Å². The van der Waals surface area contributed by atoms with Gasteiger partial charge in [0, 0.05) is 24.6 Å². The molecule has 3 aromatic heterocycles. The molecule has 4 rings (SSSR count). The van der Waals surface area contributed by atoms with Gasteiger partial charge in [-0.05, 0) is 37.1 Å². The molecule has 29 heavy (non-hydrogen) atoms. The zero-order valence-corrected chi connectivity index (χ0v) is 17.8. The Balaban J connectivity index is 1.58. The number of imidazole rings is 1. The lowest BCUT2D eigenvalue weighted by atomic mass is 10.2. The summed E-state index contributed by atoms with van der Waals surface area (Å²) < 4.78 is 3.92. The van der Waals surface area contributed by atoms with Crippen LogP contribution < -0.4 is 5.56 Å². The van der Waals surface area contributed by atoms with Gasteiger partial charge in [-0.15, -0.1) is 0 Å². The largest absolute Gasteiger partial charge is 0.319 e. The summed E-state index contributed by atoms with van der Waals surface area (Å²) >= 11 is 1.65. The van der Waals surface area contributed by atoms with Gasteiger partial charge >= 0.3 is 0 Å². The Labute approximate surface area is 174 Å². The van der Waals surface area contributed by atoms with Gasteiger partial charge in [0.05, 0.1) is 16.7 Å². The Morgan fingerprint density at radius 1 is 1.03 bits per heavy atom. The molecule has 1 aromatic carbocycles. The Kier molecular flexibility index (Phi) is 6.00. The summed E-state index contributed by atoms with van der Waals surface area (Å²) in [7, 11) is 0. The number of rotatable bonds is 8. The van der Waals surface area contributed by atoms with Crippen LogP contribution in [0.3, 0.4) is 0 Å². The first kappa shape index (κ1) is 19.7. The van der Waals surface area contributed by atoms with Gasteiger partial charge in [0.15, 0.2) is 5.16 Å². The fraction of sp³-hybridized carbons (Fsp3) is 0.348. The molecule has 150 valence electrons. The van der Waals surface area contributed by atoms with E-state index in [0.29, 0.717) is 11.4 Å². The molecule has 0 saturated heterocycles. The first-order valence-electron chi connectivity index (χ1n) is 10.2. The molecular weight excluding hydrogens is 380 g/mol. The van der Waals surface area contributed by atoms with Crippen LogP contribution in [0.25, 0.3) is 16.7 Å². The molecule has 0 N–H and O–H groups in total. The van der Waals surface area contributed by atoms with Crippen LogP contribution in [0.1, 0.15) is 43.9 Å². The topological polar surface area (TPSA) is 52.2 Å². The molecule has 0 saturated carbocycles. The summed E-state index contributed by atoms with van der Waals surface area (Å²) in [5.41, 5.74) is 4.67. The van der Waals surface area contributed by atoms with Crippen LogP contribution in [0.15, 0.2) is 58.6 Å². The van der Waals surface area contributed by atoms with Crippen molar-refractivity contribution in [1.82, 2.24) is 18.9 Å². The number of fused-ring (bicyclic) bond motifs is 2. The molecule has 3 heterocycles. The van der Waals surface area contributed by atoms with Gasteiger partial charge in [-0.1, -0.05) is 56.1 Å². The Morgan fingerprint density at radius 2 is 1.90 bits per heavy atom. The highest BCUT2D eigenvalue weighted by atomic mass is 32.2. The highest BCUT2D eigenvalue weighted by Gasteiger charge is 2.12. The van der Waals surface area contributed by atoms with E-state index in [2.05, 4.69) is 34.7 Å². The predicted molar refractivity (Wildman–Crippen MR) is 120 cm³/mol. The number of para-hydroxylation sites is 2. The highest BCUT2D eigenvalue weighted by Crippen LogP contribution is 2.27. The molecule has 0 fully saturated rings. The van der Waals surface area contributed by atoms with Crippen LogP contribution in [-0.4, -0.2) is 18.9 Å². The quantitative estimate of drug-likeness (QED) is 0.297. The van der Waals surface area contributed by atoms with Gasteiger partial charge in [0.1, 0.15) is 5.65 Å². The molecule has 0 aliphatic carbocycles. The molecule has 0 aliphatic heterocycles. The number of aryl methyl sites for hydroxylation is 2. The number of unbranched alkanes of at least 4 members (excludes halogenated alkanes) is 3. The van der Waals surface area contributed by atoms with Crippen molar-refractivity contribution in [2.24, 2.45) is 0 Å². The third-order valence-electron chi connectivity index (χ3n) is 5.06. The molecule has 0 spiro atoms. The minimum atomic E-state index is -0.0395. The Bertz CT molecular complexity index is 1190. The van der Waals surface area contributed by atoms with Gasteiger partial charge < -0.3 is 4.57 Å². The van der Waals surface area contributed by atoms with E-state index in [0.717, 1.165) is 34.9 Å². The van der Waals surface area contributed by atoms with Crippen molar-refractivity contribution in [1.29, 1.82) is 0 Å². The summed E-state index contributed by atoms with van der Waals surface area (Å²) in [4.78, 5) is 22.0. The van der Waals surface area contributed by atoms with Crippen molar-refractivity contribution in [3.8, 4) is 0 Å². The molecule has 6 heteroatoms. The number of hydrogen-bond acceptors (Lipinski definition) is 4. The second-order valence-corrected chi connectivity index (χ2v) is 8.35. The normalized spacial score (nSPS) is 11.5. The fourth-order valence-corrected chi connectivity index (χ4v) is 4.48. The Hall–Kier alpha value is -2.60. The van der Waals surface area contributed by atoms with Crippen molar-refractivity contribution in [2.75, 3.05) is 0 Å². The van der Waals surface area contributed by atoms with E-state index in [4.69, 9.17) is 4.98 Å². The molecule has 0 radical (unpaired) electrons. The zero-order chi connectivity index (χ0) is 20.2. The Morgan fingerprint density at radius 3 is 2.76 bits per heavy atom. The van der Waals surface area contributed by atoms with Gasteiger partial charge in [0.2, 0.25) is 0 Å². The SMILES string of the molecule is CCCCCCn1c(SCc2cc(=O)n3cc(C)ccc3n2)nc2ccccc21. The van der Waals surface area contributed by atoms with E-state index in [1.54, 1.807) is 22.2 Å². The van der Waals surface area contributed by atoms with E-state index in [1.165, 1.54) is 24.8 Å². The van der Waals surface area contributed by atoms with Crippen molar-refractivity contribution in [3.05, 3.63) is 70.3 Å². The highest BCUT2D eigenvalue weighted by molar-refractivity contribution is 7.98. The molecule has 4 aromatic rings. The van der Waals surface area contributed by atoms with Crippen LogP contribution in [0.4, 0.5) is 0 Å². The van der Waals surface area contributed by atoms with E-state index >= 15 is 0 Å². The second-order valence-electron chi connectivity index (χ2n) is 7.40. The third kappa shape index (κ3) is 4.37. The lowest BCUT2D eigenvalue weighted by Crippen LogP contribution is -2.15.